The first-order chi connectivity index (χ1) is 7.68. The second-order valence-electron chi connectivity index (χ2n) is 4.31. The summed E-state index contributed by atoms with van der Waals surface area (Å²) in [6.45, 7) is 3.89. The molecular formula is C11H17BN2O2. The number of aryl methyl sites for hydroxylation is 1. The van der Waals surface area contributed by atoms with Crippen LogP contribution in [0.5, 0.6) is 0 Å². The number of aromatic nitrogens is 1. The van der Waals surface area contributed by atoms with Crippen molar-refractivity contribution in [2.75, 3.05) is 13.1 Å². The first-order valence-electron chi connectivity index (χ1n) is 5.73. The molecule has 4 nitrogen and oxygen atoms in total. The summed E-state index contributed by atoms with van der Waals surface area (Å²) in [5, 5.41) is 21.5. The first kappa shape index (κ1) is 11.6. The van der Waals surface area contributed by atoms with Crippen LogP contribution in [0.3, 0.4) is 0 Å². The average Bonchev–Trinajstić information content (AvgIpc) is 2.29. The minimum absolute atomic E-state index is 0.498. The highest BCUT2D eigenvalue weighted by Crippen LogP contribution is 2.22. The van der Waals surface area contributed by atoms with Crippen LogP contribution in [0, 0.1) is 6.92 Å². The van der Waals surface area contributed by atoms with Crippen LogP contribution in [0.4, 0.5) is 0 Å². The highest BCUT2D eigenvalue weighted by atomic mass is 16.4. The van der Waals surface area contributed by atoms with Crippen molar-refractivity contribution >= 4 is 12.6 Å². The fourth-order valence-electron chi connectivity index (χ4n) is 2.21. The number of nitrogens with one attached hydrogen (secondary N) is 1. The Morgan fingerprint density at radius 1 is 1.31 bits per heavy atom. The van der Waals surface area contributed by atoms with Gasteiger partial charge in [0, 0.05) is 22.8 Å². The maximum atomic E-state index is 9.11. The molecule has 0 amide bonds. The lowest BCUT2D eigenvalue weighted by atomic mass is 9.78. The van der Waals surface area contributed by atoms with E-state index in [1.165, 1.54) is 0 Å². The van der Waals surface area contributed by atoms with Gasteiger partial charge in [-0.25, -0.2) is 0 Å². The average molecular weight is 220 g/mol. The van der Waals surface area contributed by atoms with Crippen LogP contribution in [0.2, 0.25) is 0 Å². The van der Waals surface area contributed by atoms with Crippen LogP contribution in [-0.2, 0) is 0 Å². The van der Waals surface area contributed by atoms with E-state index in [1.54, 1.807) is 6.07 Å². The molecule has 0 atom stereocenters. The zero-order valence-corrected chi connectivity index (χ0v) is 9.48. The van der Waals surface area contributed by atoms with Gasteiger partial charge in [-0.2, -0.15) is 0 Å². The first-order valence-corrected chi connectivity index (χ1v) is 5.73. The zero-order valence-electron chi connectivity index (χ0n) is 9.48. The van der Waals surface area contributed by atoms with Gasteiger partial charge >= 0.3 is 7.12 Å². The van der Waals surface area contributed by atoms with Gasteiger partial charge in [0.25, 0.3) is 0 Å². The molecule has 0 saturated carbocycles. The van der Waals surface area contributed by atoms with Gasteiger partial charge in [0.15, 0.2) is 0 Å². The van der Waals surface area contributed by atoms with Gasteiger partial charge in [0.2, 0.25) is 0 Å². The van der Waals surface area contributed by atoms with E-state index in [-0.39, 0.29) is 0 Å². The van der Waals surface area contributed by atoms with Crippen LogP contribution < -0.4 is 10.8 Å². The molecule has 2 heterocycles. The Balaban J connectivity index is 2.19. The quantitative estimate of drug-likeness (QED) is 0.590. The highest BCUT2D eigenvalue weighted by Gasteiger charge is 2.19. The Kier molecular flexibility index (Phi) is 3.58. The molecule has 0 unspecified atom stereocenters. The molecule has 5 heteroatoms. The monoisotopic (exact) mass is 220 g/mol. The summed E-state index contributed by atoms with van der Waals surface area (Å²) in [6, 6.07) is 3.68. The van der Waals surface area contributed by atoms with Gasteiger partial charge in [-0.1, -0.05) is 6.07 Å². The van der Waals surface area contributed by atoms with E-state index in [9.17, 15) is 0 Å². The minimum Gasteiger partial charge on any atom is -0.423 e. The van der Waals surface area contributed by atoms with E-state index in [2.05, 4.69) is 10.3 Å². The van der Waals surface area contributed by atoms with Crippen LogP contribution >= 0.6 is 0 Å². The molecule has 16 heavy (non-hydrogen) atoms. The van der Waals surface area contributed by atoms with Crippen molar-refractivity contribution in [3.63, 3.8) is 0 Å². The lowest BCUT2D eigenvalue weighted by molar-refractivity contribution is 0.425. The Hall–Kier alpha value is -0.905. The Bertz CT molecular complexity index is 365. The summed E-state index contributed by atoms with van der Waals surface area (Å²) >= 11 is 0. The molecule has 86 valence electrons. The van der Waals surface area contributed by atoms with E-state index >= 15 is 0 Å². The molecule has 0 spiro atoms. The molecule has 3 N–H and O–H groups in total. The van der Waals surface area contributed by atoms with Crippen LogP contribution in [0.1, 0.15) is 30.1 Å². The molecule has 1 fully saturated rings. The largest absolute Gasteiger partial charge is 0.490 e. The number of nitrogens with zero attached hydrogens (tertiary/aromatic N) is 1. The molecule has 0 aromatic carbocycles. The second-order valence-corrected chi connectivity index (χ2v) is 4.31. The standard InChI is InChI=1S/C11H17BN2O2/c1-8-10(12(15)16)2-3-11(14-8)9-4-6-13-7-5-9/h2-3,9,13,15-16H,4-7H2,1H3. The summed E-state index contributed by atoms with van der Waals surface area (Å²) in [5.74, 6) is 0.504. The van der Waals surface area contributed by atoms with E-state index in [1.807, 2.05) is 13.0 Å². The van der Waals surface area contributed by atoms with Crippen LogP contribution in [0.15, 0.2) is 12.1 Å². The van der Waals surface area contributed by atoms with Gasteiger partial charge in [-0.05, 0) is 38.9 Å². The highest BCUT2D eigenvalue weighted by molar-refractivity contribution is 6.59. The Morgan fingerprint density at radius 3 is 2.56 bits per heavy atom. The topological polar surface area (TPSA) is 65.4 Å². The van der Waals surface area contributed by atoms with Crippen molar-refractivity contribution in [1.29, 1.82) is 0 Å². The molecule has 1 aliphatic rings. The third kappa shape index (κ3) is 2.43. The van der Waals surface area contributed by atoms with E-state index < -0.39 is 7.12 Å². The van der Waals surface area contributed by atoms with Gasteiger partial charge in [-0.3, -0.25) is 4.98 Å². The number of pyridine rings is 1. The van der Waals surface area contributed by atoms with E-state index in [4.69, 9.17) is 10.0 Å². The summed E-state index contributed by atoms with van der Waals surface area (Å²) < 4.78 is 0. The third-order valence-corrected chi connectivity index (χ3v) is 3.18. The normalized spacial score (nSPS) is 17.4. The predicted octanol–water partition coefficient (Wildman–Crippen LogP) is -0.463. The second kappa shape index (κ2) is 4.95. The zero-order chi connectivity index (χ0) is 11.5. The summed E-state index contributed by atoms with van der Waals surface area (Å²) in [7, 11) is -1.42. The van der Waals surface area contributed by atoms with Gasteiger partial charge in [0.1, 0.15) is 0 Å². The van der Waals surface area contributed by atoms with Gasteiger partial charge in [0.05, 0.1) is 0 Å². The SMILES string of the molecule is Cc1nc(C2CCNCC2)ccc1B(O)O. The van der Waals surface area contributed by atoms with E-state index in [0.29, 0.717) is 17.1 Å². The molecule has 1 aromatic rings. The fourth-order valence-corrected chi connectivity index (χ4v) is 2.21. The van der Waals surface area contributed by atoms with E-state index in [0.717, 1.165) is 31.6 Å². The van der Waals surface area contributed by atoms with Crippen molar-refractivity contribution < 1.29 is 10.0 Å². The number of rotatable bonds is 2. The molecule has 0 bridgehead atoms. The number of hydrogen-bond acceptors (Lipinski definition) is 4. The minimum atomic E-state index is -1.42. The Labute approximate surface area is 95.9 Å². The van der Waals surface area contributed by atoms with Crippen molar-refractivity contribution in [3.05, 3.63) is 23.5 Å². The Morgan fingerprint density at radius 2 is 2.00 bits per heavy atom. The predicted molar refractivity (Wildman–Crippen MR) is 63.6 cm³/mol. The summed E-state index contributed by atoms with van der Waals surface area (Å²) in [5.41, 5.74) is 2.28. The smallest absolute Gasteiger partial charge is 0.423 e. The number of piperidine rings is 1. The molecular weight excluding hydrogens is 203 g/mol. The molecule has 0 radical (unpaired) electrons. The molecule has 1 aromatic heterocycles. The maximum absolute atomic E-state index is 9.11. The fraction of sp³-hybridized carbons (Fsp3) is 0.545. The van der Waals surface area contributed by atoms with Crippen molar-refractivity contribution in [1.82, 2.24) is 10.3 Å². The van der Waals surface area contributed by atoms with Crippen molar-refractivity contribution in [2.24, 2.45) is 0 Å². The molecule has 1 saturated heterocycles. The molecule has 1 aliphatic heterocycles. The molecule has 2 rings (SSSR count). The van der Waals surface area contributed by atoms with Gasteiger partial charge in [-0.15, -0.1) is 0 Å². The summed E-state index contributed by atoms with van der Waals surface area (Å²) in [6.07, 6.45) is 2.21. The lowest BCUT2D eigenvalue weighted by Crippen LogP contribution is -2.33. The van der Waals surface area contributed by atoms with Crippen molar-refractivity contribution in [3.8, 4) is 0 Å². The molecule has 0 aliphatic carbocycles. The lowest BCUT2D eigenvalue weighted by Gasteiger charge is -2.22. The van der Waals surface area contributed by atoms with Crippen LogP contribution in [-0.4, -0.2) is 35.2 Å². The third-order valence-electron chi connectivity index (χ3n) is 3.18. The summed E-state index contributed by atoms with van der Waals surface area (Å²) in [4.78, 5) is 4.47. The van der Waals surface area contributed by atoms with Crippen molar-refractivity contribution in [2.45, 2.75) is 25.7 Å². The maximum Gasteiger partial charge on any atom is 0.490 e. The van der Waals surface area contributed by atoms with Gasteiger partial charge < -0.3 is 15.4 Å². The van der Waals surface area contributed by atoms with Crippen LogP contribution in [0.25, 0.3) is 0 Å². The number of hydrogen-bond donors (Lipinski definition) is 3.